The molecule has 1 N–H and O–H groups in total. The van der Waals surface area contributed by atoms with Gasteiger partial charge in [0.05, 0.1) is 17.1 Å². The molecule has 3 nitrogen and oxygen atoms in total. The van der Waals surface area contributed by atoms with Crippen molar-refractivity contribution >= 4 is 0 Å². The quantitative estimate of drug-likeness (QED) is 0.284. The zero-order valence-corrected chi connectivity index (χ0v) is 20.4. The fourth-order valence-corrected chi connectivity index (χ4v) is 5.55. The molecule has 4 aromatic rings. The summed E-state index contributed by atoms with van der Waals surface area (Å²) in [5, 5.41) is 10.9. The van der Waals surface area contributed by atoms with Crippen LogP contribution in [0.25, 0.3) is 33.8 Å². The first-order valence-corrected chi connectivity index (χ1v) is 12.6. The molecular weight excluding hydrogens is 435 g/mol. The Morgan fingerprint density at radius 2 is 1.63 bits per heavy atom. The highest BCUT2D eigenvalue weighted by atomic mass is 19.1. The number of phenolic OH excluding ortho intramolecular Hbond substituents is 1. The van der Waals surface area contributed by atoms with Crippen LogP contribution in [0.5, 0.6) is 5.75 Å². The Hall–Kier alpha value is -3.53. The van der Waals surface area contributed by atoms with Crippen molar-refractivity contribution in [3.05, 3.63) is 89.9 Å². The summed E-state index contributed by atoms with van der Waals surface area (Å²) in [5.41, 5.74) is 6.35. The van der Waals surface area contributed by atoms with Crippen LogP contribution < -0.4 is 0 Å². The van der Waals surface area contributed by atoms with E-state index in [1.807, 2.05) is 36.4 Å². The number of halogens is 1. The van der Waals surface area contributed by atoms with Crippen molar-refractivity contribution in [2.75, 3.05) is 0 Å². The molecule has 2 heterocycles. The first-order chi connectivity index (χ1) is 17.1. The van der Waals surface area contributed by atoms with Gasteiger partial charge in [-0.15, -0.1) is 0 Å². The number of benzene rings is 2. The minimum Gasteiger partial charge on any atom is -0.507 e. The molecule has 0 radical (unpaired) electrons. The summed E-state index contributed by atoms with van der Waals surface area (Å²) in [6.07, 6.45) is 8.16. The Balaban J connectivity index is 1.68. The molecule has 2 aromatic heterocycles. The number of nitrogens with zero attached hydrogens (tertiary/aromatic N) is 2. The Morgan fingerprint density at radius 1 is 0.829 bits per heavy atom. The predicted molar refractivity (Wildman–Crippen MR) is 140 cm³/mol. The van der Waals surface area contributed by atoms with E-state index in [0.29, 0.717) is 11.3 Å². The van der Waals surface area contributed by atoms with E-state index < -0.39 is 0 Å². The van der Waals surface area contributed by atoms with E-state index in [1.54, 1.807) is 18.3 Å². The van der Waals surface area contributed by atoms with Crippen LogP contribution in [0.15, 0.2) is 72.9 Å². The molecule has 35 heavy (non-hydrogen) atoms. The summed E-state index contributed by atoms with van der Waals surface area (Å²) >= 11 is 0. The molecule has 0 saturated carbocycles. The van der Waals surface area contributed by atoms with Crippen molar-refractivity contribution in [2.45, 2.75) is 57.8 Å². The maximum absolute atomic E-state index is 15.1. The largest absolute Gasteiger partial charge is 0.507 e. The number of aromatic hydroxyl groups is 1. The number of pyridine rings is 2. The number of aromatic nitrogens is 2. The molecule has 0 unspecified atom stereocenters. The Bertz CT molecular complexity index is 1340. The van der Waals surface area contributed by atoms with Gasteiger partial charge >= 0.3 is 0 Å². The molecule has 178 valence electrons. The number of phenols is 1. The van der Waals surface area contributed by atoms with Crippen molar-refractivity contribution in [1.82, 2.24) is 9.97 Å². The van der Waals surface area contributed by atoms with E-state index in [0.717, 1.165) is 72.2 Å². The minimum absolute atomic E-state index is 0.171. The van der Waals surface area contributed by atoms with Crippen molar-refractivity contribution < 1.29 is 9.50 Å². The van der Waals surface area contributed by atoms with Gasteiger partial charge in [0.25, 0.3) is 0 Å². The van der Waals surface area contributed by atoms with Gasteiger partial charge in [-0.3, -0.25) is 4.98 Å². The molecule has 0 fully saturated rings. The van der Waals surface area contributed by atoms with E-state index >= 15 is 4.39 Å². The summed E-state index contributed by atoms with van der Waals surface area (Å²) in [6.45, 7) is 4.43. The predicted octanol–water partition coefficient (Wildman–Crippen LogP) is 8.30. The van der Waals surface area contributed by atoms with Crippen molar-refractivity contribution in [3.63, 3.8) is 0 Å². The van der Waals surface area contributed by atoms with Gasteiger partial charge in [-0.2, -0.15) is 0 Å². The summed E-state index contributed by atoms with van der Waals surface area (Å²) in [6, 6.07) is 20.6. The lowest BCUT2D eigenvalue weighted by Gasteiger charge is -2.32. The van der Waals surface area contributed by atoms with E-state index in [4.69, 9.17) is 4.98 Å². The zero-order chi connectivity index (χ0) is 24.4. The Morgan fingerprint density at radius 3 is 2.34 bits per heavy atom. The van der Waals surface area contributed by atoms with Crippen molar-refractivity contribution in [3.8, 4) is 39.5 Å². The van der Waals surface area contributed by atoms with Gasteiger partial charge in [0.2, 0.25) is 0 Å². The molecular formula is C31H31FN2O. The third-order valence-corrected chi connectivity index (χ3v) is 7.32. The lowest BCUT2D eigenvalue weighted by Crippen LogP contribution is -2.25. The molecule has 0 saturated heterocycles. The van der Waals surface area contributed by atoms with Crippen LogP contribution in [0.4, 0.5) is 4.39 Å². The van der Waals surface area contributed by atoms with Crippen LogP contribution in [-0.4, -0.2) is 15.1 Å². The molecule has 0 bridgehead atoms. The number of hydrogen-bond donors (Lipinski definition) is 1. The third-order valence-electron chi connectivity index (χ3n) is 7.32. The first-order valence-electron chi connectivity index (χ1n) is 12.6. The third kappa shape index (κ3) is 4.01. The lowest BCUT2D eigenvalue weighted by molar-refractivity contribution is 0.412. The highest BCUT2D eigenvalue weighted by molar-refractivity contribution is 5.84. The van der Waals surface area contributed by atoms with Gasteiger partial charge in [0.1, 0.15) is 11.6 Å². The number of hydrogen-bond acceptors (Lipinski definition) is 3. The maximum Gasteiger partial charge on any atom is 0.132 e. The molecule has 0 atom stereocenters. The van der Waals surface area contributed by atoms with Crippen LogP contribution in [-0.2, 0) is 5.41 Å². The highest BCUT2D eigenvalue weighted by Gasteiger charge is 2.44. The van der Waals surface area contributed by atoms with Gasteiger partial charge in [0.15, 0.2) is 0 Å². The van der Waals surface area contributed by atoms with Crippen LogP contribution in [0.2, 0.25) is 0 Å². The van der Waals surface area contributed by atoms with Gasteiger partial charge in [-0.25, -0.2) is 9.37 Å². The topological polar surface area (TPSA) is 46.0 Å². The second kappa shape index (κ2) is 9.61. The standard InChI is InChI=1S/C31H31FN2O/c1-3-5-17-31(18-6-4-2)23-10-9-12-28(35)29(23)30-24(31)14-16-27(34-30)22-20-21(13-15-25(22)32)26-11-7-8-19-33-26/h7-16,19-20,35H,3-6,17-18H2,1-2H3. The average molecular weight is 467 g/mol. The first kappa shape index (κ1) is 23.2. The molecule has 1 aliphatic carbocycles. The van der Waals surface area contributed by atoms with Gasteiger partial charge < -0.3 is 5.11 Å². The lowest BCUT2D eigenvalue weighted by atomic mass is 9.71. The van der Waals surface area contributed by atoms with Gasteiger partial charge in [-0.05, 0) is 66.4 Å². The molecule has 2 aromatic carbocycles. The van der Waals surface area contributed by atoms with E-state index in [-0.39, 0.29) is 17.0 Å². The van der Waals surface area contributed by atoms with Crippen LogP contribution in [0.1, 0.15) is 63.5 Å². The molecule has 0 amide bonds. The second-order valence-electron chi connectivity index (χ2n) is 9.49. The van der Waals surface area contributed by atoms with Crippen LogP contribution in [0.3, 0.4) is 0 Å². The smallest absolute Gasteiger partial charge is 0.132 e. The van der Waals surface area contributed by atoms with Crippen LogP contribution in [0, 0.1) is 5.82 Å². The molecule has 4 heteroatoms. The second-order valence-corrected chi connectivity index (χ2v) is 9.49. The summed E-state index contributed by atoms with van der Waals surface area (Å²) in [7, 11) is 0. The highest BCUT2D eigenvalue weighted by Crippen LogP contribution is 2.56. The van der Waals surface area contributed by atoms with Crippen molar-refractivity contribution in [1.29, 1.82) is 0 Å². The number of unbranched alkanes of at least 4 members (excludes halogenated alkanes) is 2. The monoisotopic (exact) mass is 466 g/mol. The molecule has 0 spiro atoms. The van der Waals surface area contributed by atoms with Crippen LogP contribution >= 0.6 is 0 Å². The van der Waals surface area contributed by atoms with Gasteiger partial charge in [0, 0.05) is 28.3 Å². The molecule has 1 aliphatic rings. The summed E-state index contributed by atoms with van der Waals surface area (Å²) in [4.78, 5) is 9.43. The van der Waals surface area contributed by atoms with E-state index in [9.17, 15) is 5.11 Å². The summed E-state index contributed by atoms with van der Waals surface area (Å²) in [5.74, 6) is -0.0816. The SMILES string of the molecule is CCCCC1(CCCC)c2ccc(-c3cc(-c4ccccn4)ccc3F)nc2-c2c(O)cccc21. The van der Waals surface area contributed by atoms with Gasteiger partial charge in [-0.1, -0.05) is 63.8 Å². The molecule has 5 rings (SSSR count). The fraction of sp³-hybridized carbons (Fsp3) is 0.290. The normalized spacial score (nSPS) is 13.5. The Kier molecular flexibility index (Phi) is 6.38. The Labute approximate surface area is 206 Å². The zero-order valence-electron chi connectivity index (χ0n) is 20.4. The minimum atomic E-state index is -0.323. The maximum atomic E-state index is 15.1. The summed E-state index contributed by atoms with van der Waals surface area (Å²) < 4.78 is 15.1. The molecule has 0 aliphatic heterocycles. The van der Waals surface area contributed by atoms with E-state index in [1.165, 1.54) is 6.07 Å². The van der Waals surface area contributed by atoms with Crippen molar-refractivity contribution in [2.24, 2.45) is 0 Å². The number of fused-ring (bicyclic) bond motifs is 3. The number of rotatable bonds is 8. The van der Waals surface area contributed by atoms with E-state index in [2.05, 4.69) is 31.0 Å². The fourth-order valence-electron chi connectivity index (χ4n) is 5.55. The average Bonchev–Trinajstić information content (AvgIpc) is 3.17.